The van der Waals surface area contributed by atoms with Crippen molar-refractivity contribution < 1.29 is 14.5 Å². The van der Waals surface area contributed by atoms with Crippen molar-refractivity contribution >= 4 is 23.2 Å². The van der Waals surface area contributed by atoms with Crippen LogP contribution in [0.15, 0.2) is 48.5 Å². The SMILES string of the molecule is Cc1ccc([N+](=O)[O-])cc1NC(=O)CNC(=O)Cc1ccccc1. The molecule has 0 saturated carbocycles. The highest BCUT2D eigenvalue weighted by Gasteiger charge is 2.12. The van der Waals surface area contributed by atoms with Crippen molar-refractivity contribution in [3.05, 3.63) is 69.8 Å². The standard InChI is InChI=1S/C17H17N3O4/c1-12-7-8-14(20(23)24)10-15(12)19-17(22)11-18-16(21)9-13-5-3-2-4-6-13/h2-8,10H,9,11H2,1H3,(H,18,21)(H,19,22). The second kappa shape index (κ2) is 7.87. The van der Waals surface area contributed by atoms with Crippen LogP contribution in [-0.4, -0.2) is 23.3 Å². The lowest BCUT2D eigenvalue weighted by Crippen LogP contribution is -2.33. The summed E-state index contributed by atoms with van der Waals surface area (Å²) in [6.07, 6.45) is 0.184. The first-order chi connectivity index (χ1) is 11.5. The van der Waals surface area contributed by atoms with Gasteiger partial charge in [-0.25, -0.2) is 0 Å². The van der Waals surface area contributed by atoms with Gasteiger partial charge in [0.25, 0.3) is 5.69 Å². The number of hydrogen-bond donors (Lipinski definition) is 2. The third kappa shape index (κ3) is 4.91. The highest BCUT2D eigenvalue weighted by atomic mass is 16.6. The summed E-state index contributed by atoms with van der Waals surface area (Å²) < 4.78 is 0. The van der Waals surface area contributed by atoms with Crippen LogP contribution < -0.4 is 10.6 Å². The van der Waals surface area contributed by atoms with Gasteiger partial charge in [0.05, 0.1) is 23.6 Å². The highest BCUT2D eigenvalue weighted by molar-refractivity contribution is 5.95. The van der Waals surface area contributed by atoms with E-state index >= 15 is 0 Å². The summed E-state index contributed by atoms with van der Waals surface area (Å²) in [5.74, 6) is -0.716. The normalized spacial score (nSPS) is 10.0. The fraction of sp³-hybridized carbons (Fsp3) is 0.176. The van der Waals surface area contributed by atoms with Gasteiger partial charge in [0, 0.05) is 12.1 Å². The minimum atomic E-state index is -0.531. The first kappa shape index (κ1) is 17.1. The van der Waals surface area contributed by atoms with Crippen LogP contribution in [0.3, 0.4) is 0 Å². The van der Waals surface area contributed by atoms with Gasteiger partial charge in [-0.1, -0.05) is 36.4 Å². The van der Waals surface area contributed by atoms with Gasteiger partial charge in [0.15, 0.2) is 0 Å². The molecule has 0 fully saturated rings. The van der Waals surface area contributed by atoms with E-state index in [0.717, 1.165) is 5.56 Å². The fourth-order valence-electron chi connectivity index (χ4n) is 2.08. The second-order valence-electron chi connectivity index (χ2n) is 5.24. The molecule has 0 atom stereocenters. The van der Waals surface area contributed by atoms with Gasteiger partial charge in [0.2, 0.25) is 11.8 Å². The largest absolute Gasteiger partial charge is 0.347 e. The van der Waals surface area contributed by atoms with E-state index in [1.165, 1.54) is 12.1 Å². The van der Waals surface area contributed by atoms with Gasteiger partial charge in [-0.05, 0) is 18.1 Å². The molecule has 124 valence electrons. The van der Waals surface area contributed by atoms with Crippen LogP contribution in [0, 0.1) is 17.0 Å². The first-order valence-electron chi connectivity index (χ1n) is 7.31. The molecule has 0 aromatic heterocycles. The van der Waals surface area contributed by atoms with E-state index in [9.17, 15) is 19.7 Å². The van der Waals surface area contributed by atoms with Gasteiger partial charge in [0.1, 0.15) is 0 Å². The molecule has 2 N–H and O–H groups in total. The van der Waals surface area contributed by atoms with E-state index < -0.39 is 10.8 Å². The molecule has 0 saturated heterocycles. The van der Waals surface area contributed by atoms with Crippen molar-refractivity contribution in [2.75, 3.05) is 11.9 Å². The molecule has 0 unspecified atom stereocenters. The molecular weight excluding hydrogens is 310 g/mol. The number of hydrogen-bond acceptors (Lipinski definition) is 4. The average molecular weight is 327 g/mol. The first-order valence-corrected chi connectivity index (χ1v) is 7.31. The summed E-state index contributed by atoms with van der Waals surface area (Å²) >= 11 is 0. The number of nitrogens with zero attached hydrogens (tertiary/aromatic N) is 1. The zero-order chi connectivity index (χ0) is 17.5. The van der Waals surface area contributed by atoms with Crippen molar-refractivity contribution in [1.29, 1.82) is 0 Å². The summed E-state index contributed by atoms with van der Waals surface area (Å²) in [4.78, 5) is 33.9. The number of amides is 2. The third-order valence-corrected chi connectivity index (χ3v) is 3.36. The predicted octanol–water partition coefficient (Wildman–Crippen LogP) is 2.20. The zero-order valence-corrected chi connectivity index (χ0v) is 13.1. The Kier molecular flexibility index (Phi) is 5.62. The number of nitrogens with one attached hydrogen (secondary N) is 2. The average Bonchev–Trinajstić information content (AvgIpc) is 2.56. The predicted molar refractivity (Wildman–Crippen MR) is 89.6 cm³/mol. The number of non-ortho nitro benzene ring substituents is 1. The Hall–Kier alpha value is -3.22. The molecule has 0 aliphatic heterocycles. The fourth-order valence-corrected chi connectivity index (χ4v) is 2.08. The molecule has 7 heteroatoms. The van der Waals surface area contributed by atoms with Crippen molar-refractivity contribution in [2.45, 2.75) is 13.3 Å². The Bertz CT molecular complexity index is 760. The summed E-state index contributed by atoms with van der Waals surface area (Å²) in [6, 6.07) is 13.4. The molecule has 24 heavy (non-hydrogen) atoms. The minimum absolute atomic E-state index is 0.107. The van der Waals surface area contributed by atoms with Crippen molar-refractivity contribution in [1.82, 2.24) is 5.32 Å². The molecule has 0 spiro atoms. The van der Waals surface area contributed by atoms with E-state index in [1.807, 2.05) is 30.3 Å². The molecule has 0 aliphatic carbocycles. The lowest BCUT2D eigenvalue weighted by molar-refractivity contribution is -0.384. The zero-order valence-electron chi connectivity index (χ0n) is 13.1. The molecule has 2 aromatic carbocycles. The Morgan fingerprint density at radius 1 is 1.08 bits per heavy atom. The molecule has 0 heterocycles. The molecular formula is C17H17N3O4. The molecule has 7 nitrogen and oxygen atoms in total. The van der Waals surface area contributed by atoms with Gasteiger partial charge in [-0.2, -0.15) is 0 Å². The summed E-state index contributed by atoms with van der Waals surface area (Å²) in [7, 11) is 0. The number of nitro benzene ring substituents is 1. The monoisotopic (exact) mass is 327 g/mol. The van der Waals surface area contributed by atoms with E-state index in [-0.39, 0.29) is 24.6 Å². The number of rotatable bonds is 6. The number of anilines is 1. The number of carbonyl (C=O) groups is 2. The molecule has 2 amide bonds. The van der Waals surface area contributed by atoms with E-state index in [2.05, 4.69) is 10.6 Å². The van der Waals surface area contributed by atoms with Gasteiger partial charge >= 0.3 is 0 Å². The topological polar surface area (TPSA) is 101 Å². The quantitative estimate of drug-likeness (QED) is 0.627. The number of aryl methyl sites for hydroxylation is 1. The Morgan fingerprint density at radius 2 is 1.79 bits per heavy atom. The molecule has 0 aliphatic rings. The van der Waals surface area contributed by atoms with Crippen LogP contribution in [0.1, 0.15) is 11.1 Å². The van der Waals surface area contributed by atoms with Crippen LogP contribution in [-0.2, 0) is 16.0 Å². The van der Waals surface area contributed by atoms with Crippen molar-refractivity contribution in [3.63, 3.8) is 0 Å². The lowest BCUT2D eigenvalue weighted by Gasteiger charge is -2.09. The molecule has 0 radical (unpaired) electrons. The van der Waals surface area contributed by atoms with Gasteiger partial charge < -0.3 is 10.6 Å². The summed E-state index contributed by atoms with van der Waals surface area (Å²) in [6.45, 7) is 1.53. The van der Waals surface area contributed by atoms with Crippen molar-refractivity contribution in [2.24, 2.45) is 0 Å². The van der Waals surface area contributed by atoms with Crippen LogP contribution in [0.5, 0.6) is 0 Å². The van der Waals surface area contributed by atoms with Crippen LogP contribution in [0.25, 0.3) is 0 Å². The van der Waals surface area contributed by atoms with Crippen LogP contribution in [0.2, 0.25) is 0 Å². The second-order valence-corrected chi connectivity index (χ2v) is 5.24. The van der Waals surface area contributed by atoms with Crippen molar-refractivity contribution in [3.8, 4) is 0 Å². The highest BCUT2D eigenvalue weighted by Crippen LogP contribution is 2.21. The summed E-state index contributed by atoms with van der Waals surface area (Å²) in [5, 5.41) is 15.9. The maximum atomic E-state index is 11.9. The molecule has 2 rings (SSSR count). The number of carbonyl (C=O) groups excluding carboxylic acids is 2. The Labute approximate surface area is 138 Å². The van der Waals surface area contributed by atoms with E-state index in [0.29, 0.717) is 11.3 Å². The lowest BCUT2D eigenvalue weighted by atomic mass is 10.1. The van der Waals surface area contributed by atoms with Crippen LogP contribution in [0.4, 0.5) is 11.4 Å². The van der Waals surface area contributed by atoms with E-state index in [1.54, 1.807) is 13.0 Å². The van der Waals surface area contributed by atoms with Crippen LogP contribution >= 0.6 is 0 Å². The smallest absolute Gasteiger partial charge is 0.271 e. The third-order valence-electron chi connectivity index (χ3n) is 3.36. The molecule has 0 bridgehead atoms. The van der Waals surface area contributed by atoms with E-state index in [4.69, 9.17) is 0 Å². The maximum absolute atomic E-state index is 11.9. The summed E-state index contributed by atoms with van der Waals surface area (Å²) in [5.41, 5.74) is 1.80. The van der Waals surface area contributed by atoms with Gasteiger partial charge in [-0.15, -0.1) is 0 Å². The maximum Gasteiger partial charge on any atom is 0.271 e. The number of benzene rings is 2. The Balaban J connectivity index is 1.88. The number of nitro groups is 1. The molecule has 2 aromatic rings. The van der Waals surface area contributed by atoms with Gasteiger partial charge in [-0.3, -0.25) is 19.7 Å². The Morgan fingerprint density at radius 3 is 2.46 bits per heavy atom. The minimum Gasteiger partial charge on any atom is -0.347 e.